The van der Waals surface area contributed by atoms with E-state index in [9.17, 15) is 9.59 Å². The molecule has 0 heterocycles. The normalized spacial score (nSPS) is 25.0. The summed E-state index contributed by atoms with van der Waals surface area (Å²) in [6.45, 7) is 8.72. The van der Waals surface area contributed by atoms with Crippen molar-refractivity contribution in [3.05, 3.63) is 0 Å². The molecule has 116 valence electrons. The van der Waals surface area contributed by atoms with Crippen LogP contribution < -0.4 is 0 Å². The molecule has 1 atom stereocenters. The zero-order chi connectivity index (χ0) is 15.2. The van der Waals surface area contributed by atoms with Crippen LogP contribution in [0.25, 0.3) is 0 Å². The van der Waals surface area contributed by atoms with E-state index < -0.39 is 0 Å². The van der Waals surface area contributed by atoms with Crippen LogP contribution >= 0.6 is 0 Å². The van der Waals surface area contributed by atoms with E-state index >= 15 is 0 Å². The number of aldehydes is 1. The lowest BCUT2D eigenvalue weighted by atomic mass is 9.76. The maximum atomic E-state index is 11.7. The van der Waals surface area contributed by atoms with Gasteiger partial charge < -0.3 is 14.3 Å². The summed E-state index contributed by atoms with van der Waals surface area (Å²) < 4.78 is 10.8. The summed E-state index contributed by atoms with van der Waals surface area (Å²) in [4.78, 5) is 23.0. The third kappa shape index (κ3) is 5.61. The summed E-state index contributed by atoms with van der Waals surface area (Å²) in [5.41, 5.74) is -0.219. The van der Waals surface area contributed by atoms with Gasteiger partial charge in [-0.05, 0) is 59.3 Å². The molecule has 0 aliphatic heterocycles. The van der Waals surface area contributed by atoms with E-state index in [1.165, 1.54) is 0 Å². The minimum absolute atomic E-state index is 0.0158. The molecule has 20 heavy (non-hydrogen) atoms. The minimum atomic E-state index is -0.219. The molecule has 0 radical (unpaired) electrons. The molecule has 0 bridgehead atoms. The van der Waals surface area contributed by atoms with Crippen LogP contribution in [0, 0.1) is 17.8 Å². The molecule has 0 spiro atoms. The first kappa shape index (κ1) is 17.2. The third-order valence-electron chi connectivity index (χ3n) is 3.88. The van der Waals surface area contributed by atoms with Gasteiger partial charge in [-0.3, -0.25) is 4.79 Å². The minimum Gasteiger partial charge on any atom is -0.466 e. The van der Waals surface area contributed by atoms with Gasteiger partial charge in [0.15, 0.2) is 0 Å². The highest BCUT2D eigenvalue weighted by atomic mass is 16.5. The van der Waals surface area contributed by atoms with Crippen molar-refractivity contribution in [2.45, 2.75) is 59.0 Å². The van der Waals surface area contributed by atoms with E-state index in [0.29, 0.717) is 19.1 Å². The smallest absolute Gasteiger partial charge is 0.308 e. The molecule has 1 aliphatic carbocycles. The van der Waals surface area contributed by atoms with Crippen molar-refractivity contribution in [2.75, 3.05) is 13.2 Å². The fourth-order valence-electron chi connectivity index (χ4n) is 2.68. The Morgan fingerprint density at radius 2 is 1.85 bits per heavy atom. The molecule has 0 aromatic rings. The highest BCUT2D eigenvalue weighted by Crippen LogP contribution is 2.34. The third-order valence-corrected chi connectivity index (χ3v) is 3.88. The van der Waals surface area contributed by atoms with Gasteiger partial charge in [-0.25, -0.2) is 0 Å². The van der Waals surface area contributed by atoms with Gasteiger partial charge in [0, 0.05) is 5.92 Å². The van der Waals surface area contributed by atoms with Crippen molar-refractivity contribution in [1.82, 2.24) is 0 Å². The Morgan fingerprint density at radius 3 is 2.30 bits per heavy atom. The van der Waals surface area contributed by atoms with Gasteiger partial charge in [-0.1, -0.05) is 0 Å². The summed E-state index contributed by atoms with van der Waals surface area (Å²) in [7, 11) is 0. The summed E-state index contributed by atoms with van der Waals surface area (Å²) in [6, 6.07) is 0. The van der Waals surface area contributed by atoms with Crippen LogP contribution in [0.2, 0.25) is 0 Å². The number of rotatable bonds is 6. The Morgan fingerprint density at radius 1 is 1.25 bits per heavy atom. The first-order valence-electron chi connectivity index (χ1n) is 7.63. The van der Waals surface area contributed by atoms with Crippen LogP contribution in [0.3, 0.4) is 0 Å². The zero-order valence-electron chi connectivity index (χ0n) is 13.2. The molecule has 1 saturated carbocycles. The van der Waals surface area contributed by atoms with Gasteiger partial charge in [0.1, 0.15) is 6.29 Å². The summed E-state index contributed by atoms with van der Waals surface area (Å²) in [5.74, 6) is 0.208. The largest absolute Gasteiger partial charge is 0.466 e. The summed E-state index contributed by atoms with van der Waals surface area (Å²) in [5, 5.41) is 0. The van der Waals surface area contributed by atoms with E-state index in [-0.39, 0.29) is 23.4 Å². The predicted octanol–water partition coefficient (Wildman–Crippen LogP) is 2.99. The average Bonchev–Trinajstić information content (AvgIpc) is 2.39. The molecule has 4 nitrogen and oxygen atoms in total. The fourth-order valence-corrected chi connectivity index (χ4v) is 2.68. The highest BCUT2D eigenvalue weighted by Gasteiger charge is 2.31. The zero-order valence-corrected chi connectivity index (χ0v) is 13.2. The second-order valence-electron chi connectivity index (χ2n) is 6.59. The van der Waals surface area contributed by atoms with E-state index in [2.05, 4.69) is 0 Å². The van der Waals surface area contributed by atoms with Gasteiger partial charge >= 0.3 is 5.97 Å². The van der Waals surface area contributed by atoms with E-state index in [4.69, 9.17) is 9.47 Å². The van der Waals surface area contributed by atoms with Gasteiger partial charge in [-0.15, -0.1) is 0 Å². The molecular weight excluding hydrogens is 256 g/mol. The average molecular weight is 284 g/mol. The van der Waals surface area contributed by atoms with Gasteiger partial charge in [-0.2, -0.15) is 0 Å². The monoisotopic (exact) mass is 284 g/mol. The quantitative estimate of drug-likeness (QED) is 0.556. The van der Waals surface area contributed by atoms with E-state index in [1.54, 1.807) is 0 Å². The second-order valence-corrected chi connectivity index (χ2v) is 6.59. The number of carbonyl (C=O) groups is 2. The van der Waals surface area contributed by atoms with E-state index in [1.807, 2.05) is 27.7 Å². The van der Waals surface area contributed by atoms with Crippen LogP contribution in [0.4, 0.5) is 0 Å². The Labute approximate surface area is 122 Å². The van der Waals surface area contributed by atoms with Crippen molar-refractivity contribution < 1.29 is 19.1 Å². The first-order valence-corrected chi connectivity index (χ1v) is 7.63. The molecule has 1 unspecified atom stereocenters. The van der Waals surface area contributed by atoms with Crippen LogP contribution in [0.15, 0.2) is 0 Å². The van der Waals surface area contributed by atoms with Crippen molar-refractivity contribution >= 4 is 12.3 Å². The van der Waals surface area contributed by atoms with Crippen LogP contribution in [0.5, 0.6) is 0 Å². The molecule has 0 aromatic carbocycles. The first-order chi connectivity index (χ1) is 9.37. The van der Waals surface area contributed by atoms with Crippen molar-refractivity contribution in [2.24, 2.45) is 17.8 Å². The van der Waals surface area contributed by atoms with Crippen molar-refractivity contribution in [3.63, 3.8) is 0 Å². The summed E-state index contributed by atoms with van der Waals surface area (Å²) in [6.07, 6.45) is 4.47. The Kier molecular flexibility index (Phi) is 6.66. The number of hydrogen-bond donors (Lipinski definition) is 0. The lowest BCUT2D eigenvalue weighted by Gasteiger charge is -2.32. The fraction of sp³-hybridized carbons (Fsp3) is 0.875. The summed E-state index contributed by atoms with van der Waals surface area (Å²) >= 11 is 0. The standard InChI is InChI=1S/C16H28O4/c1-5-19-15(18)13-8-6-12(7-9-13)14(10-17)11-20-16(2,3)4/h10,12-14H,5-9,11H2,1-4H3. The number of carbonyl (C=O) groups excluding carboxylic acids is 2. The predicted molar refractivity (Wildman–Crippen MR) is 77.3 cm³/mol. The Balaban J connectivity index is 2.42. The van der Waals surface area contributed by atoms with Gasteiger partial charge in [0.2, 0.25) is 0 Å². The number of ether oxygens (including phenoxy) is 2. The van der Waals surface area contributed by atoms with Crippen molar-refractivity contribution in [3.8, 4) is 0 Å². The molecule has 0 amide bonds. The molecule has 1 fully saturated rings. The molecular formula is C16H28O4. The Hall–Kier alpha value is -0.900. The number of hydrogen-bond acceptors (Lipinski definition) is 4. The SMILES string of the molecule is CCOC(=O)C1CCC(C(C=O)COC(C)(C)C)CC1. The lowest BCUT2D eigenvalue weighted by molar-refractivity contribution is -0.149. The highest BCUT2D eigenvalue weighted by molar-refractivity contribution is 5.72. The van der Waals surface area contributed by atoms with Crippen molar-refractivity contribution in [1.29, 1.82) is 0 Å². The topological polar surface area (TPSA) is 52.6 Å². The molecule has 1 aliphatic rings. The Bertz CT molecular complexity index is 311. The van der Waals surface area contributed by atoms with Crippen LogP contribution in [0.1, 0.15) is 53.4 Å². The lowest BCUT2D eigenvalue weighted by Crippen LogP contribution is -2.32. The molecule has 0 N–H and O–H groups in total. The number of esters is 1. The van der Waals surface area contributed by atoms with Crippen LogP contribution in [-0.4, -0.2) is 31.1 Å². The molecule has 0 saturated heterocycles. The molecule has 1 rings (SSSR count). The molecule has 4 heteroatoms. The maximum Gasteiger partial charge on any atom is 0.308 e. The van der Waals surface area contributed by atoms with Gasteiger partial charge in [0.25, 0.3) is 0 Å². The molecule has 0 aromatic heterocycles. The van der Waals surface area contributed by atoms with Crippen LogP contribution in [-0.2, 0) is 19.1 Å². The van der Waals surface area contributed by atoms with E-state index in [0.717, 1.165) is 32.0 Å². The maximum absolute atomic E-state index is 11.7. The van der Waals surface area contributed by atoms with Gasteiger partial charge in [0.05, 0.1) is 24.7 Å². The second kappa shape index (κ2) is 7.77.